The van der Waals surface area contributed by atoms with E-state index in [2.05, 4.69) is 16.7 Å². The van der Waals surface area contributed by atoms with Gasteiger partial charge in [0.25, 0.3) is 5.91 Å². The number of aryl methyl sites for hydroxylation is 1. The Morgan fingerprint density at radius 1 is 1.04 bits per heavy atom. The van der Waals surface area contributed by atoms with Gasteiger partial charge < -0.3 is 15.2 Å². The van der Waals surface area contributed by atoms with E-state index in [4.69, 9.17) is 0 Å². The highest BCUT2D eigenvalue weighted by Gasteiger charge is 2.10. The van der Waals surface area contributed by atoms with Crippen molar-refractivity contribution in [3.63, 3.8) is 0 Å². The van der Waals surface area contributed by atoms with Gasteiger partial charge in [0.2, 0.25) is 5.91 Å². The molecule has 0 fully saturated rings. The van der Waals surface area contributed by atoms with E-state index >= 15 is 0 Å². The molecule has 0 aliphatic rings. The summed E-state index contributed by atoms with van der Waals surface area (Å²) in [5, 5.41) is 6.55. The molecule has 0 aliphatic carbocycles. The number of para-hydroxylation sites is 1. The highest BCUT2D eigenvalue weighted by molar-refractivity contribution is 5.96. The summed E-state index contributed by atoms with van der Waals surface area (Å²) < 4.78 is 1.99. The number of rotatable bonds is 4. The van der Waals surface area contributed by atoms with Crippen LogP contribution in [-0.2, 0) is 11.3 Å². The molecule has 5 heteroatoms. The van der Waals surface area contributed by atoms with Crippen LogP contribution >= 0.6 is 0 Å². The van der Waals surface area contributed by atoms with Crippen LogP contribution in [0.3, 0.4) is 0 Å². The zero-order chi connectivity index (χ0) is 17.1. The summed E-state index contributed by atoms with van der Waals surface area (Å²) in [6.45, 7) is 2.24. The van der Waals surface area contributed by atoms with Crippen LogP contribution in [0.1, 0.15) is 16.1 Å². The fraction of sp³-hybridized carbons (Fsp3) is 0.158. The van der Waals surface area contributed by atoms with Crippen molar-refractivity contribution in [3.8, 4) is 0 Å². The first-order chi connectivity index (χ1) is 11.6. The largest absolute Gasteiger partial charge is 0.355 e. The number of hydrogen-bond acceptors (Lipinski definition) is 2. The molecule has 0 spiro atoms. The Labute approximate surface area is 140 Å². The molecule has 2 amide bonds. The van der Waals surface area contributed by atoms with Gasteiger partial charge in [0.15, 0.2) is 0 Å². The molecule has 0 atom stereocenters. The van der Waals surface area contributed by atoms with Crippen molar-refractivity contribution < 1.29 is 9.59 Å². The zero-order valence-electron chi connectivity index (χ0n) is 13.7. The second kappa shape index (κ2) is 6.58. The van der Waals surface area contributed by atoms with Crippen molar-refractivity contribution >= 4 is 28.4 Å². The van der Waals surface area contributed by atoms with Gasteiger partial charge in [0, 0.05) is 29.5 Å². The van der Waals surface area contributed by atoms with Crippen LogP contribution in [0, 0.1) is 6.92 Å². The SMILES string of the molecule is CNC(=O)c1ccc(NC(=O)Cn2c(C)cc3ccccc32)cc1. The van der Waals surface area contributed by atoms with Crippen LogP contribution in [0.25, 0.3) is 10.9 Å². The van der Waals surface area contributed by atoms with Crippen molar-refractivity contribution in [3.05, 3.63) is 65.9 Å². The van der Waals surface area contributed by atoms with Gasteiger partial charge in [-0.15, -0.1) is 0 Å². The normalized spacial score (nSPS) is 10.6. The van der Waals surface area contributed by atoms with Crippen LogP contribution < -0.4 is 10.6 Å². The van der Waals surface area contributed by atoms with Gasteiger partial charge in [0.1, 0.15) is 6.54 Å². The minimum Gasteiger partial charge on any atom is -0.355 e. The maximum Gasteiger partial charge on any atom is 0.251 e. The quantitative estimate of drug-likeness (QED) is 0.776. The number of carbonyl (C=O) groups excluding carboxylic acids is 2. The fourth-order valence-corrected chi connectivity index (χ4v) is 2.75. The van der Waals surface area contributed by atoms with E-state index in [1.54, 1.807) is 31.3 Å². The molecule has 3 rings (SSSR count). The van der Waals surface area contributed by atoms with Crippen LogP contribution in [0.2, 0.25) is 0 Å². The van der Waals surface area contributed by atoms with E-state index in [0.29, 0.717) is 11.3 Å². The lowest BCUT2D eigenvalue weighted by atomic mass is 10.2. The van der Waals surface area contributed by atoms with Crippen LogP contribution in [0.5, 0.6) is 0 Å². The first-order valence-electron chi connectivity index (χ1n) is 7.75. The molecule has 122 valence electrons. The molecule has 3 aromatic rings. The average molecular weight is 321 g/mol. The molecule has 5 nitrogen and oxygen atoms in total. The molecule has 0 saturated heterocycles. The second-order valence-corrected chi connectivity index (χ2v) is 5.64. The molecule has 1 aromatic heterocycles. The standard InChI is InChI=1S/C19H19N3O2/c1-13-11-15-5-3-4-6-17(15)22(13)12-18(23)21-16-9-7-14(8-10-16)19(24)20-2/h3-11H,12H2,1-2H3,(H,20,24)(H,21,23). The third kappa shape index (κ3) is 3.15. The lowest BCUT2D eigenvalue weighted by Crippen LogP contribution is -2.20. The summed E-state index contributed by atoms with van der Waals surface area (Å²) in [5.41, 5.74) is 3.31. The van der Waals surface area contributed by atoms with Gasteiger partial charge in [-0.1, -0.05) is 18.2 Å². The lowest BCUT2D eigenvalue weighted by molar-refractivity contribution is -0.116. The highest BCUT2D eigenvalue weighted by Crippen LogP contribution is 2.19. The van der Waals surface area contributed by atoms with E-state index in [9.17, 15) is 9.59 Å². The van der Waals surface area contributed by atoms with E-state index < -0.39 is 0 Å². The Kier molecular flexibility index (Phi) is 4.33. The third-order valence-electron chi connectivity index (χ3n) is 3.98. The number of amides is 2. The van der Waals surface area contributed by atoms with Crippen molar-refractivity contribution in [2.45, 2.75) is 13.5 Å². The Balaban J connectivity index is 1.73. The van der Waals surface area contributed by atoms with Crippen molar-refractivity contribution in [2.24, 2.45) is 0 Å². The second-order valence-electron chi connectivity index (χ2n) is 5.64. The molecule has 0 unspecified atom stereocenters. The Morgan fingerprint density at radius 3 is 2.46 bits per heavy atom. The van der Waals surface area contributed by atoms with E-state index in [1.165, 1.54) is 0 Å². The fourth-order valence-electron chi connectivity index (χ4n) is 2.75. The van der Waals surface area contributed by atoms with Gasteiger partial charge in [0.05, 0.1) is 0 Å². The van der Waals surface area contributed by atoms with Crippen LogP contribution in [0.4, 0.5) is 5.69 Å². The number of anilines is 1. The zero-order valence-corrected chi connectivity index (χ0v) is 13.7. The van der Waals surface area contributed by atoms with Gasteiger partial charge in [-0.05, 0) is 48.7 Å². The molecule has 2 aromatic carbocycles. The summed E-state index contributed by atoms with van der Waals surface area (Å²) in [6, 6.07) is 16.9. The molecule has 0 saturated carbocycles. The molecular formula is C19H19N3O2. The molecule has 24 heavy (non-hydrogen) atoms. The molecule has 2 N–H and O–H groups in total. The van der Waals surface area contributed by atoms with E-state index in [0.717, 1.165) is 16.6 Å². The number of nitrogens with one attached hydrogen (secondary N) is 2. The minimum absolute atomic E-state index is 0.104. The lowest BCUT2D eigenvalue weighted by Gasteiger charge is -2.10. The molecular weight excluding hydrogens is 302 g/mol. The topological polar surface area (TPSA) is 63.1 Å². The number of nitrogens with zero attached hydrogens (tertiary/aromatic N) is 1. The maximum absolute atomic E-state index is 12.3. The summed E-state index contributed by atoms with van der Waals surface area (Å²) in [7, 11) is 1.59. The smallest absolute Gasteiger partial charge is 0.251 e. The monoisotopic (exact) mass is 321 g/mol. The predicted octanol–water partition coefficient (Wildman–Crippen LogP) is 2.95. The minimum atomic E-state index is -0.151. The van der Waals surface area contributed by atoms with Crippen molar-refractivity contribution in [2.75, 3.05) is 12.4 Å². The Hall–Kier alpha value is -3.08. The first-order valence-corrected chi connectivity index (χ1v) is 7.75. The summed E-state index contributed by atoms with van der Waals surface area (Å²) in [4.78, 5) is 23.9. The number of aromatic nitrogens is 1. The average Bonchev–Trinajstić information content (AvgIpc) is 2.90. The Bertz CT molecular complexity index is 895. The van der Waals surface area contributed by atoms with Gasteiger partial charge in [-0.25, -0.2) is 0 Å². The van der Waals surface area contributed by atoms with E-state index in [1.807, 2.05) is 35.8 Å². The number of hydrogen-bond donors (Lipinski definition) is 2. The predicted molar refractivity (Wildman–Crippen MR) is 95.1 cm³/mol. The van der Waals surface area contributed by atoms with Gasteiger partial charge in [-0.3, -0.25) is 9.59 Å². The maximum atomic E-state index is 12.3. The number of benzene rings is 2. The molecule has 1 heterocycles. The first kappa shape index (κ1) is 15.8. The molecule has 0 bridgehead atoms. The summed E-state index contributed by atoms with van der Waals surface area (Å²) in [6.07, 6.45) is 0. The van der Waals surface area contributed by atoms with Crippen molar-refractivity contribution in [1.82, 2.24) is 9.88 Å². The third-order valence-corrected chi connectivity index (χ3v) is 3.98. The summed E-state index contributed by atoms with van der Waals surface area (Å²) >= 11 is 0. The summed E-state index contributed by atoms with van der Waals surface area (Å²) in [5.74, 6) is -0.255. The van der Waals surface area contributed by atoms with Crippen LogP contribution in [0.15, 0.2) is 54.6 Å². The van der Waals surface area contributed by atoms with Crippen molar-refractivity contribution in [1.29, 1.82) is 0 Å². The van der Waals surface area contributed by atoms with E-state index in [-0.39, 0.29) is 18.4 Å². The molecule has 0 aliphatic heterocycles. The van der Waals surface area contributed by atoms with Gasteiger partial charge >= 0.3 is 0 Å². The highest BCUT2D eigenvalue weighted by atomic mass is 16.2. The van der Waals surface area contributed by atoms with Gasteiger partial charge in [-0.2, -0.15) is 0 Å². The van der Waals surface area contributed by atoms with Crippen LogP contribution in [-0.4, -0.2) is 23.4 Å². The molecule has 0 radical (unpaired) electrons. The Morgan fingerprint density at radius 2 is 1.75 bits per heavy atom. The number of fused-ring (bicyclic) bond motifs is 1. The number of carbonyl (C=O) groups is 2.